The van der Waals surface area contributed by atoms with Gasteiger partial charge in [-0.25, -0.2) is 9.78 Å². The molecule has 0 bridgehead atoms. The van der Waals surface area contributed by atoms with Gasteiger partial charge in [0.1, 0.15) is 0 Å². The van der Waals surface area contributed by atoms with Gasteiger partial charge in [-0.2, -0.15) is 0 Å². The van der Waals surface area contributed by atoms with Gasteiger partial charge in [-0.1, -0.05) is 35.3 Å². The molecule has 0 aliphatic rings. The number of carbonyl (C=O) groups is 2. The summed E-state index contributed by atoms with van der Waals surface area (Å²) in [6.45, 7) is 0. The van der Waals surface area contributed by atoms with Crippen LogP contribution in [0.2, 0.25) is 10.0 Å². The fourth-order valence-electron chi connectivity index (χ4n) is 2.13. The van der Waals surface area contributed by atoms with Crippen LogP contribution in [0, 0.1) is 0 Å². The normalized spacial score (nSPS) is 10.5. The Morgan fingerprint density at radius 3 is 2.32 bits per heavy atom. The fourth-order valence-corrected chi connectivity index (χ4v) is 3.28. The molecule has 0 atom stereocenters. The molecule has 3 aromatic rings. The van der Waals surface area contributed by atoms with Crippen LogP contribution in [0.3, 0.4) is 0 Å². The van der Waals surface area contributed by atoms with E-state index in [4.69, 9.17) is 28.3 Å². The van der Waals surface area contributed by atoms with E-state index in [0.29, 0.717) is 15.7 Å². The van der Waals surface area contributed by atoms with E-state index in [1.54, 1.807) is 48.5 Å². The number of rotatable bonds is 4. The van der Waals surface area contributed by atoms with Gasteiger partial charge >= 0.3 is 5.97 Å². The Kier molecular flexibility index (Phi) is 5.03. The van der Waals surface area contributed by atoms with Crippen molar-refractivity contribution in [3.05, 3.63) is 75.2 Å². The first-order chi connectivity index (χ1) is 12.0. The van der Waals surface area contributed by atoms with E-state index < -0.39 is 11.9 Å². The number of aromatic nitrogens is 1. The average molecular weight is 393 g/mol. The highest BCUT2D eigenvalue weighted by Crippen LogP contribution is 2.32. The summed E-state index contributed by atoms with van der Waals surface area (Å²) in [6, 6.07) is 13.2. The van der Waals surface area contributed by atoms with Crippen molar-refractivity contribution in [3.63, 3.8) is 0 Å². The third-order valence-corrected chi connectivity index (χ3v) is 4.70. The predicted octanol–water partition coefficient (Wildman–Crippen LogP) is 5.13. The van der Waals surface area contributed by atoms with Crippen LogP contribution in [-0.4, -0.2) is 22.0 Å². The molecular formula is C17H10Cl2N2O3S. The Morgan fingerprint density at radius 2 is 1.72 bits per heavy atom. The predicted molar refractivity (Wildman–Crippen MR) is 98.4 cm³/mol. The van der Waals surface area contributed by atoms with E-state index >= 15 is 0 Å². The van der Waals surface area contributed by atoms with Crippen molar-refractivity contribution in [1.29, 1.82) is 0 Å². The van der Waals surface area contributed by atoms with Gasteiger partial charge in [0.2, 0.25) is 0 Å². The quantitative estimate of drug-likeness (QED) is 0.668. The Balaban J connectivity index is 2.11. The summed E-state index contributed by atoms with van der Waals surface area (Å²) in [5.41, 5.74) is 0.651. The van der Waals surface area contributed by atoms with Gasteiger partial charge in [-0.3, -0.25) is 9.69 Å². The standard InChI is InChI=1S/C17H10Cl2N2O3S/c18-10-5-7-11(8-6-10)21(17-20-14(9-25-17)16(23)24)15(22)12-3-1-2-4-13(12)19/h1-9H,(H,23,24). The second-order valence-corrected chi connectivity index (χ2v) is 6.60. The molecule has 8 heteroatoms. The third kappa shape index (κ3) is 3.66. The van der Waals surface area contributed by atoms with Crippen LogP contribution in [-0.2, 0) is 0 Å². The number of nitrogens with zero attached hydrogens (tertiary/aromatic N) is 2. The Bertz CT molecular complexity index is 941. The van der Waals surface area contributed by atoms with Crippen molar-refractivity contribution < 1.29 is 14.7 Å². The van der Waals surface area contributed by atoms with Gasteiger partial charge in [0.15, 0.2) is 10.8 Å². The Morgan fingerprint density at radius 1 is 1.04 bits per heavy atom. The van der Waals surface area contributed by atoms with E-state index in [-0.39, 0.29) is 16.4 Å². The molecule has 0 saturated heterocycles. The molecule has 5 nitrogen and oxygen atoms in total. The van der Waals surface area contributed by atoms with Crippen LogP contribution in [0.15, 0.2) is 53.9 Å². The first kappa shape index (κ1) is 17.4. The zero-order chi connectivity index (χ0) is 18.0. The summed E-state index contributed by atoms with van der Waals surface area (Å²) >= 11 is 13.1. The number of carboxylic acid groups (broad SMARTS) is 1. The molecule has 1 amide bonds. The summed E-state index contributed by atoms with van der Waals surface area (Å²) < 4.78 is 0. The topological polar surface area (TPSA) is 70.5 Å². The van der Waals surface area contributed by atoms with E-state index in [1.807, 2.05) is 0 Å². The maximum absolute atomic E-state index is 13.1. The molecule has 25 heavy (non-hydrogen) atoms. The molecule has 1 aromatic heterocycles. The number of hydrogen-bond donors (Lipinski definition) is 1. The lowest BCUT2D eigenvalue weighted by Gasteiger charge is -2.20. The molecule has 0 unspecified atom stereocenters. The van der Waals surface area contributed by atoms with E-state index in [9.17, 15) is 9.59 Å². The van der Waals surface area contributed by atoms with Gasteiger partial charge in [-0.05, 0) is 36.4 Å². The van der Waals surface area contributed by atoms with E-state index in [2.05, 4.69) is 4.98 Å². The van der Waals surface area contributed by atoms with Gasteiger partial charge in [0, 0.05) is 10.4 Å². The number of anilines is 2. The van der Waals surface area contributed by atoms with Crippen LogP contribution in [0.1, 0.15) is 20.8 Å². The molecule has 0 spiro atoms. The van der Waals surface area contributed by atoms with Crippen LogP contribution < -0.4 is 4.90 Å². The number of amides is 1. The van der Waals surface area contributed by atoms with Crippen molar-refractivity contribution in [1.82, 2.24) is 4.98 Å². The van der Waals surface area contributed by atoms with Crippen molar-refractivity contribution in [2.24, 2.45) is 0 Å². The minimum atomic E-state index is -1.16. The first-order valence-electron chi connectivity index (χ1n) is 7.01. The maximum Gasteiger partial charge on any atom is 0.355 e. The van der Waals surface area contributed by atoms with Crippen molar-refractivity contribution in [2.45, 2.75) is 0 Å². The number of hydrogen-bond acceptors (Lipinski definition) is 4. The zero-order valence-electron chi connectivity index (χ0n) is 12.5. The monoisotopic (exact) mass is 392 g/mol. The third-order valence-electron chi connectivity index (χ3n) is 3.29. The maximum atomic E-state index is 13.1. The Labute approximate surface area is 157 Å². The van der Waals surface area contributed by atoms with E-state index in [0.717, 1.165) is 11.3 Å². The van der Waals surface area contributed by atoms with Crippen LogP contribution >= 0.6 is 34.5 Å². The average Bonchev–Trinajstić information content (AvgIpc) is 3.07. The number of aromatic carboxylic acids is 1. The smallest absolute Gasteiger partial charge is 0.355 e. The van der Waals surface area contributed by atoms with E-state index in [1.165, 1.54) is 10.3 Å². The number of thiazole rings is 1. The number of carboxylic acids is 1. The molecule has 1 N–H and O–H groups in total. The molecule has 126 valence electrons. The lowest BCUT2D eigenvalue weighted by atomic mass is 10.2. The minimum Gasteiger partial charge on any atom is -0.476 e. The summed E-state index contributed by atoms with van der Waals surface area (Å²) in [6.07, 6.45) is 0. The van der Waals surface area contributed by atoms with Gasteiger partial charge in [-0.15, -0.1) is 11.3 Å². The SMILES string of the molecule is O=C(O)c1csc(N(C(=O)c2ccccc2Cl)c2ccc(Cl)cc2)n1. The molecule has 2 aromatic carbocycles. The summed E-state index contributed by atoms with van der Waals surface area (Å²) in [5, 5.41) is 11.5. The molecular weight excluding hydrogens is 383 g/mol. The minimum absolute atomic E-state index is 0.133. The highest BCUT2D eigenvalue weighted by Gasteiger charge is 2.25. The summed E-state index contributed by atoms with van der Waals surface area (Å²) in [7, 11) is 0. The van der Waals surface area contributed by atoms with Crippen molar-refractivity contribution in [3.8, 4) is 0 Å². The number of carbonyl (C=O) groups excluding carboxylic acids is 1. The van der Waals surface area contributed by atoms with Crippen LogP contribution in [0.25, 0.3) is 0 Å². The molecule has 0 aliphatic carbocycles. The van der Waals surface area contributed by atoms with Gasteiger partial charge in [0.25, 0.3) is 5.91 Å². The lowest BCUT2D eigenvalue weighted by Crippen LogP contribution is -2.26. The fraction of sp³-hybridized carbons (Fsp3) is 0. The highest BCUT2D eigenvalue weighted by atomic mass is 35.5. The van der Waals surface area contributed by atoms with Crippen LogP contribution in [0.4, 0.5) is 10.8 Å². The number of halogens is 2. The van der Waals surface area contributed by atoms with Crippen molar-refractivity contribution in [2.75, 3.05) is 4.90 Å². The summed E-state index contributed by atoms with van der Waals surface area (Å²) in [5.74, 6) is -1.58. The van der Waals surface area contributed by atoms with Gasteiger partial charge < -0.3 is 5.11 Å². The lowest BCUT2D eigenvalue weighted by molar-refractivity contribution is 0.0691. The van der Waals surface area contributed by atoms with Crippen molar-refractivity contribution >= 4 is 57.2 Å². The largest absolute Gasteiger partial charge is 0.476 e. The van der Waals surface area contributed by atoms with Crippen LogP contribution in [0.5, 0.6) is 0 Å². The molecule has 1 heterocycles. The molecule has 0 fully saturated rings. The molecule has 0 saturated carbocycles. The zero-order valence-corrected chi connectivity index (χ0v) is 14.8. The molecule has 0 radical (unpaired) electrons. The first-order valence-corrected chi connectivity index (χ1v) is 8.64. The summed E-state index contributed by atoms with van der Waals surface area (Å²) in [4.78, 5) is 29.5. The Hall–Kier alpha value is -2.41. The van der Waals surface area contributed by atoms with Gasteiger partial charge in [0.05, 0.1) is 16.3 Å². The number of benzene rings is 2. The second-order valence-electron chi connectivity index (χ2n) is 4.92. The molecule has 0 aliphatic heterocycles. The molecule has 3 rings (SSSR count). The second kappa shape index (κ2) is 7.23. The highest BCUT2D eigenvalue weighted by molar-refractivity contribution is 7.14.